The molecular weight excluding hydrogens is 240 g/mol. The molecule has 0 fully saturated rings. The molecule has 1 heterocycles. The van der Waals surface area contributed by atoms with Crippen molar-refractivity contribution in [2.24, 2.45) is 0 Å². The van der Waals surface area contributed by atoms with Gasteiger partial charge in [-0.1, -0.05) is 6.07 Å². The monoisotopic (exact) mass is 256 g/mol. The van der Waals surface area contributed by atoms with E-state index in [1.807, 2.05) is 18.2 Å². The molecule has 3 N–H and O–H groups in total. The molecule has 5 heteroatoms. The number of rotatable bonds is 3. The number of nitrogens with one attached hydrogen (secondary N) is 1. The lowest BCUT2D eigenvalue weighted by Gasteiger charge is -2.14. The van der Waals surface area contributed by atoms with Crippen molar-refractivity contribution in [3.8, 4) is 0 Å². The molecule has 1 amide bonds. The number of aryl methyl sites for hydroxylation is 1. The van der Waals surface area contributed by atoms with Crippen LogP contribution in [0.25, 0.3) is 0 Å². The molecule has 0 aliphatic heterocycles. The molecule has 1 aromatic heterocycles. The summed E-state index contributed by atoms with van der Waals surface area (Å²) in [5.74, 6) is -0.0154. The van der Waals surface area contributed by atoms with Crippen LogP contribution >= 0.6 is 0 Å². The zero-order chi connectivity index (χ0) is 13.2. The number of nitrogens with zero attached hydrogens (tertiary/aromatic N) is 2. The smallest absolute Gasteiger partial charge is 0.242 e. The van der Waals surface area contributed by atoms with Gasteiger partial charge in [-0.25, -0.2) is 0 Å². The largest absolute Gasteiger partial charge is 0.399 e. The van der Waals surface area contributed by atoms with Crippen molar-refractivity contribution in [2.75, 3.05) is 5.73 Å². The number of hydrogen-bond donors (Lipinski definition) is 2. The van der Waals surface area contributed by atoms with Gasteiger partial charge in [0.2, 0.25) is 5.91 Å². The van der Waals surface area contributed by atoms with Gasteiger partial charge in [0, 0.05) is 18.1 Å². The number of nitrogens with two attached hydrogens (primary N) is 1. The molecule has 98 valence electrons. The number of carbonyl (C=O) groups is 1. The molecule has 0 saturated heterocycles. The minimum Gasteiger partial charge on any atom is -0.399 e. The van der Waals surface area contributed by atoms with Crippen LogP contribution in [0.5, 0.6) is 0 Å². The summed E-state index contributed by atoms with van der Waals surface area (Å²) >= 11 is 0. The molecular formula is C14H16N4O. The second-order valence-electron chi connectivity index (χ2n) is 4.82. The number of amides is 1. The normalized spacial score (nSPS) is 17.2. The van der Waals surface area contributed by atoms with Crippen molar-refractivity contribution < 1.29 is 4.79 Å². The minimum absolute atomic E-state index is 0.0154. The van der Waals surface area contributed by atoms with Gasteiger partial charge in [0.1, 0.15) is 6.54 Å². The van der Waals surface area contributed by atoms with Crippen molar-refractivity contribution in [3.63, 3.8) is 0 Å². The lowest BCUT2D eigenvalue weighted by atomic mass is 10.1. The van der Waals surface area contributed by atoms with E-state index in [9.17, 15) is 4.79 Å². The number of fused-ring (bicyclic) bond motifs is 1. The summed E-state index contributed by atoms with van der Waals surface area (Å²) in [5.41, 5.74) is 8.97. The molecule has 1 aliphatic rings. The maximum absolute atomic E-state index is 11.9. The van der Waals surface area contributed by atoms with E-state index >= 15 is 0 Å². The zero-order valence-corrected chi connectivity index (χ0v) is 10.5. The Morgan fingerprint density at radius 2 is 2.42 bits per heavy atom. The summed E-state index contributed by atoms with van der Waals surface area (Å²) in [6, 6.07) is 7.79. The Labute approximate surface area is 111 Å². The first-order chi connectivity index (χ1) is 9.22. The van der Waals surface area contributed by atoms with Crippen molar-refractivity contribution in [1.29, 1.82) is 0 Å². The second-order valence-corrected chi connectivity index (χ2v) is 4.82. The fourth-order valence-electron chi connectivity index (χ4n) is 2.57. The Kier molecular flexibility index (Phi) is 2.95. The number of benzene rings is 1. The average Bonchev–Trinajstić information content (AvgIpc) is 2.99. The van der Waals surface area contributed by atoms with Gasteiger partial charge in [-0.3, -0.25) is 9.48 Å². The molecule has 0 spiro atoms. The predicted octanol–water partition coefficient (Wildman–Crippen LogP) is 1.27. The molecule has 19 heavy (non-hydrogen) atoms. The van der Waals surface area contributed by atoms with Gasteiger partial charge < -0.3 is 11.1 Å². The maximum atomic E-state index is 11.9. The van der Waals surface area contributed by atoms with Crippen LogP contribution in [0.1, 0.15) is 23.6 Å². The Balaban J connectivity index is 1.67. The highest BCUT2D eigenvalue weighted by atomic mass is 16.2. The Hall–Kier alpha value is -2.30. The Morgan fingerprint density at radius 3 is 3.21 bits per heavy atom. The van der Waals surface area contributed by atoms with Gasteiger partial charge in [-0.15, -0.1) is 0 Å². The highest BCUT2D eigenvalue weighted by Gasteiger charge is 2.23. The van der Waals surface area contributed by atoms with Gasteiger partial charge in [0.05, 0.1) is 6.04 Å². The first-order valence-corrected chi connectivity index (χ1v) is 6.37. The molecule has 5 nitrogen and oxygen atoms in total. The number of nitrogen functional groups attached to an aromatic ring is 1. The van der Waals surface area contributed by atoms with Crippen LogP contribution < -0.4 is 11.1 Å². The standard InChI is InChI=1S/C14H16N4O/c15-11-3-4-12-10(8-11)2-5-13(12)17-14(19)9-18-7-1-6-16-18/h1,3-4,6-8,13H,2,5,9,15H2,(H,17,19). The lowest BCUT2D eigenvalue weighted by Crippen LogP contribution is -2.30. The van der Waals surface area contributed by atoms with E-state index in [-0.39, 0.29) is 18.5 Å². The van der Waals surface area contributed by atoms with E-state index in [1.54, 1.807) is 23.1 Å². The molecule has 3 rings (SSSR count). The van der Waals surface area contributed by atoms with E-state index in [1.165, 1.54) is 11.1 Å². The van der Waals surface area contributed by atoms with Gasteiger partial charge in [0.25, 0.3) is 0 Å². The van der Waals surface area contributed by atoms with Crippen molar-refractivity contribution in [3.05, 3.63) is 47.8 Å². The number of anilines is 1. The molecule has 0 bridgehead atoms. The quantitative estimate of drug-likeness (QED) is 0.812. The first-order valence-electron chi connectivity index (χ1n) is 6.37. The third-order valence-corrected chi connectivity index (χ3v) is 3.44. The van der Waals surface area contributed by atoms with Crippen molar-refractivity contribution >= 4 is 11.6 Å². The molecule has 2 aromatic rings. The van der Waals surface area contributed by atoms with E-state index in [4.69, 9.17) is 5.73 Å². The zero-order valence-electron chi connectivity index (χ0n) is 10.5. The minimum atomic E-state index is -0.0154. The van der Waals surface area contributed by atoms with E-state index in [2.05, 4.69) is 10.4 Å². The highest BCUT2D eigenvalue weighted by Crippen LogP contribution is 2.32. The Morgan fingerprint density at radius 1 is 1.53 bits per heavy atom. The second kappa shape index (κ2) is 4.76. The van der Waals surface area contributed by atoms with Crippen LogP contribution in [0, 0.1) is 0 Å². The van der Waals surface area contributed by atoms with Gasteiger partial charge in [-0.05, 0) is 42.2 Å². The number of aromatic nitrogens is 2. The summed E-state index contributed by atoms with van der Waals surface area (Å²) in [6.07, 6.45) is 5.35. The van der Waals surface area contributed by atoms with Crippen LogP contribution in [0.3, 0.4) is 0 Å². The molecule has 0 radical (unpaired) electrons. The number of hydrogen-bond acceptors (Lipinski definition) is 3. The first kappa shape index (κ1) is 11.8. The summed E-state index contributed by atoms with van der Waals surface area (Å²) < 4.78 is 1.62. The number of carbonyl (C=O) groups excluding carboxylic acids is 1. The average molecular weight is 256 g/mol. The third-order valence-electron chi connectivity index (χ3n) is 3.44. The van der Waals surface area contributed by atoms with E-state index in [0.29, 0.717) is 0 Å². The van der Waals surface area contributed by atoms with Crippen LogP contribution in [0.4, 0.5) is 5.69 Å². The summed E-state index contributed by atoms with van der Waals surface area (Å²) in [4.78, 5) is 11.9. The molecule has 1 aromatic carbocycles. The fraction of sp³-hybridized carbons (Fsp3) is 0.286. The summed E-state index contributed by atoms with van der Waals surface area (Å²) in [5, 5.41) is 7.08. The summed E-state index contributed by atoms with van der Waals surface area (Å²) in [7, 11) is 0. The van der Waals surface area contributed by atoms with Crippen LogP contribution in [-0.2, 0) is 17.8 Å². The van der Waals surface area contributed by atoms with Crippen LogP contribution in [0.15, 0.2) is 36.7 Å². The maximum Gasteiger partial charge on any atom is 0.242 e. The molecule has 0 saturated carbocycles. The highest BCUT2D eigenvalue weighted by molar-refractivity contribution is 5.76. The Bertz CT molecular complexity index is 591. The van der Waals surface area contributed by atoms with E-state index in [0.717, 1.165) is 18.5 Å². The van der Waals surface area contributed by atoms with Crippen LogP contribution in [0.2, 0.25) is 0 Å². The van der Waals surface area contributed by atoms with E-state index < -0.39 is 0 Å². The lowest BCUT2D eigenvalue weighted by molar-refractivity contribution is -0.122. The van der Waals surface area contributed by atoms with Gasteiger partial charge in [0.15, 0.2) is 0 Å². The van der Waals surface area contributed by atoms with Crippen molar-refractivity contribution in [1.82, 2.24) is 15.1 Å². The molecule has 1 aliphatic carbocycles. The predicted molar refractivity (Wildman–Crippen MR) is 72.3 cm³/mol. The summed E-state index contributed by atoms with van der Waals surface area (Å²) in [6.45, 7) is 0.258. The molecule has 1 unspecified atom stereocenters. The molecule has 1 atom stereocenters. The van der Waals surface area contributed by atoms with Crippen LogP contribution in [-0.4, -0.2) is 15.7 Å². The fourth-order valence-corrected chi connectivity index (χ4v) is 2.57. The topological polar surface area (TPSA) is 72.9 Å². The third kappa shape index (κ3) is 2.45. The SMILES string of the molecule is Nc1ccc2c(c1)CCC2NC(=O)Cn1cccn1. The van der Waals surface area contributed by atoms with Gasteiger partial charge >= 0.3 is 0 Å². The van der Waals surface area contributed by atoms with Gasteiger partial charge in [-0.2, -0.15) is 5.10 Å². The van der Waals surface area contributed by atoms with Crippen molar-refractivity contribution in [2.45, 2.75) is 25.4 Å².